The van der Waals surface area contributed by atoms with Crippen LogP contribution < -0.4 is 5.32 Å². The highest BCUT2D eigenvalue weighted by atomic mass is 35.5. The van der Waals surface area contributed by atoms with Gasteiger partial charge in [-0.3, -0.25) is 9.78 Å². The van der Waals surface area contributed by atoms with Crippen LogP contribution >= 0.6 is 11.6 Å². The molecule has 28 heavy (non-hydrogen) atoms. The van der Waals surface area contributed by atoms with E-state index in [0.717, 1.165) is 18.2 Å². The molecular weight excluding hydrogens is 398 g/mol. The standard InChI is InChI=1S/C20H18ClN3O3S/c21-15-6-7-17-18(8-9-22-19(17)13-15)23-20(25)14-4-3-5-16(12-14)28(26,27)24-10-1-2-11-24/h3-9,12-13H,1-2,10-11H2,(H,22,23,25). The third kappa shape index (κ3) is 3.61. The lowest BCUT2D eigenvalue weighted by atomic mass is 10.1. The van der Waals surface area contributed by atoms with Crippen LogP contribution in [0.5, 0.6) is 0 Å². The number of fused-ring (bicyclic) bond motifs is 1. The summed E-state index contributed by atoms with van der Waals surface area (Å²) in [7, 11) is -3.58. The van der Waals surface area contributed by atoms with Gasteiger partial charge in [0.1, 0.15) is 0 Å². The Morgan fingerprint density at radius 3 is 2.64 bits per heavy atom. The summed E-state index contributed by atoms with van der Waals surface area (Å²) in [4.78, 5) is 17.1. The van der Waals surface area contributed by atoms with Crippen LogP contribution in [0.4, 0.5) is 5.69 Å². The average molecular weight is 416 g/mol. The van der Waals surface area contributed by atoms with Crippen molar-refractivity contribution in [3.63, 3.8) is 0 Å². The van der Waals surface area contributed by atoms with Crippen molar-refractivity contribution < 1.29 is 13.2 Å². The molecule has 0 bridgehead atoms. The van der Waals surface area contributed by atoms with Gasteiger partial charge in [-0.2, -0.15) is 4.31 Å². The van der Waals surface area contributed by atoms with E-state index >= 15 is 0 Å². The topological polar surface area (TPSA) is 79.4 Å². The highest BCUT2D eigenvalue weighted by molar-refractivity contribution is 7.89. The minimum absolute atomic E-state index is 0.133. The van der Waals surface area contributed by atoms with E-state index in [1.54, 1.807) is 42.6 Å². The SMILES string of the molecule is O=C(Nc1ccnc2cc(Cl)ccc12)c1cccc(S(=O)(=O)N2CCCC2)c1. The van der Waals surface area contributed by atoms with E-state index in [1.165, 1.54) is 16.4 Å². The van der Waals surface area contributed by atoms with Crippen molar-refractivity contribution >= 4 is 44.1 Å². The molecule has 0 spiro atoms. The van der Waals surface area contributed by atoms with Crippen molar-refractivity contribution in [2.45, 2.75) is 17.7 Å². The van der Waals surface area contributed by atoms with Crippen LogP contribution in [0.2, 0.25) is 5.02 Å². The number of nitrogens with zero attached hydrogens (tertiary/aromatic N) is 2. The summed E-state index contributed by atoms with van der Waals surface area (Å²) >= 11 is 6.00. The molecule has 0 saturated carbocycles. The summed E-state index contributed by atoms with van der Waals surface area (Å²) in [6.07, 6.45) is 3.31. The predicted molar refractivity (Wildman–Crippen MR) is 109 cm³/mol. The van der Waals surface area contributed by atoms with Crippen LogP contribution in [-0.2, 0) is 10.0 Å². The smallest absolute Gasteiger partial charge is 0.255 e. The number of hydrogen-bond acceptors (Lipinski definition) is 4. The molecule has 1 fully saturated rings. The van der Waals surface area contributed by atoms with Crippen LogP contribution in [0.25, 0.3) is 10.9 Å². The zero-order valence-electron chi connectivity index (χ0n) is 14.9. The first kappa shape index (κ1) is 18.9. The largest absolute Gasteiger partial charge is 0.321 e. The lowest BCUT2D eigenvalue weighted by Crippen LogP contribution is -2.28. The Morgan fingerprint density at radius 1 is 1.07 bits per heavy atom. The summed E-state index contributed by atoms with van der Waals surface area (Å²) in [5, 5.41) is 4.15. The van der Waals surface area contributed by atoms with Crippen molar-refractivity contribution in [2.24, 2.45) is 0 Å². The van der Waals surface area contributed by atoms with Crippen LogP contribution in [0.1, 0.15) is 23.2 Å². The fourth-order valence-corrected chi connectivity index (χ4v) is 5.03. The Hall–Kier alpha value is -2.48. The lowest BCUT2D eigenvalue weighted by molar-refractivity contribution is 0.102. The maximum absolute atomic E-state index is 12.8. The van der Waals surface area contributed by atoms with E-state index in [2.05, 4.69) is 10.3 Å². The quantitative estimate of drug-likeness (QED) is 0.700. The number of hydrogen-bond donors (Lipinski definition) is 1. The van der Waals surface area contributed by atoms with Crippen molar-refractivity contribution in [1.29, 1.82) is 0 Å². The maximum Gasteiger partial charge on any atom is 0.255 e. The van der Waals surface area contributed by atoms with Crippen LogP contribution in [0.15, 0.2) is 59.6 Å². The summed E-state index contributed by atoms with van der Waals surface area (Å²) in [5.74, 6) is -0.388. The molecule has 4 rings (SSSR count). The molecule has 1 aliphatic heterocycles. The van der Waals surface area contributed by atoms with Gasteiger partial charge in [0.2, 0.25) is 10.0 Å². The Bertz CT molecular complexity index is 1160. The fraction of sp³-hybridized carbons (Fsp3) is 0.200. The van der Waals surface area contributed by atoms with Gasteiger partial charge in [-0.1, -0.05) is 17.7 Å². The molecule has 0 radical (unpaired) electrons. The molecule has 144 valence electrons. The number of aromatic nitrogens is 1. The maximum atomic E-state index is 12.8. The zero-order chi connectivity index (χ0) is 19.7. The van der Waals surface area contributed by atoms with Crippen molar-refractivity contribution in [1.82, 2.24) is 9.29 Å². The number of halogens is 1. The highest BCUT2D eigenvalue weighted by Crippen LogP contribution is 2.26. The van der Waals surface area contributed by atoms with Gasteiger partial charge >= 0.3 is 0 Å². The molecule has 0 unspecified atom stereocenters. The van der Waals surface area contributed by atoms with E-state index in [0.29, 0.717) is 29.3 Å². The average Bonchev–Trinajstić information content (AvgIpc) is 3.24. The highest BCUT2D eigenvalue weighted by Gasteiger charge is 2.27. The summed E-state index contributed by atoms with van der Waals surface area (Å²) < 4.78 is 27.0. The van der Waals surface area contributed by atoms with E-state index in [-0.39, 0.29) is 16.4 Å². The first-order valence-electron chi connectivity index (χ1n) is 8.91. The van der Waals surface area contributed by atoms with Gasteiger partial charge in [0.05, 0.1) is 16.1 Å². The normalized spacial score (nSPS) is 15.0. The van der Waals surface area contributed by atoms with Gasteiger partial charge in [0.25, 0.3) is 5.91 Å². The molecule has 2 heterocycles. The Labute approximate surface area is 168 Å². The third-order valence-electron chi connectivity index (χ3n) is 4.75. The molecule has 2 aromatic carbocycles. The van der Waals surface area contributed by atoms with E-state index in [1.807, 2.05) is 0 Å². The number of rotatable bonds is 4. The minimum Gasteiger partial charge on any atom is -0.321 e. The van der Waals surface area contributed by atoms with Crippen LogP contribution in [0, 0.1) is 0 Å². The van der Waals surface area contributed by atoms with Gasteiger partial charge in [0.15, 0.2) is 0 Å². The second-order valence-corrected chi connectivity index (χ2v) is 8.99. The zero-order valence-corrected chi connectivity index (χ0v) is 16.5. The molecule has 1 amide bonds. The van der Waals surface area contributed by atoms with Crippen molar-refractivity contribution in [3.8, 4) is 0 Å². The van der Waals surface area contributed by atoms with E-state index in [4.69, 9.17) is 11.6 Å². The molecule has 1 aromatic heterocycles. The van der Waals surface area contributed by atoms with Gasteiger partial charge in [0, 0.05) is 35.3 Å². The minimum atomic E-state index is -3.58. The third-order valence-corrected chi connectivity index (χ3v) is 6.88. The van der Waals surface area contributed by atoms with Gasteiger partial charge in [-0.15, -0.1) is 0 Å². The molecule has 0 atom stereocenters. The van der Waals surface area contributed by atoms with Gasteiger partial charge in [-0.05, 0) is 55.3 Å². The lowest BCUT2D eigenvalue weighted by Gasteiger charge is -2.16. The van der Waals surface area contributed by atoms with E-state index in [9.17, 15) is 13.2 Å². The van der Waals surface area contributed by atoms with E-state index < -0.39 is 10.0 Å². The number of sulfonamides is 1. The van der Waals surface area contributed by atoms with Crippen molar-refractivity contribution in [2.75, 3.05) is 18.4 Å². The molecule has 8 heteroatoms. The number of carbonyl (C=O) groups excluding carboxylic acids is 1. The first-order chi connectivity index (χ1) is 13.4. The monoisotopic (exact) mass is 415 g/mol. The van der Waals surface area contributed by atoms with Gasteiger partial charge < -0.3 is 5.32 Å². The molecule has 1 saturated heterocycles. The molecule has 0 aliphatic carbocycles. The first-order valence-corrected chi connectivity index (χ1v) is 10.7. The van der Waals surface area contributed by atoms with Crippen LogP contribution in [-0.4, -0.2) is 36.7 Å². The predicted octanol–water partition coefficient (Wildman–Crippen LogP) is 3.93. The second kappa shape index (κ2) is 7.50. The second-order valence-electron chi connectivity index (χ2n) is 6.61. The number of benzene rings is 2. The molecule has 6 nitrogen and oxygen atoms in total. The van der Waals surface area contributed by atoms with Crippen molar-refractivity contribution in [3.05, 3.63) is 65.3 Å². The molecule has 3 aromatic rings. The number of amides is 1. The summed E-state index contributed by atoms with van der Waals surface area (Å²) in [6, 6.07) is 13.0. The molecular formula is C20H18ClN3O3S. The molecule has 1 aliphatic rings. The number of nitrogens with one attached hydrogen (secondary N) is 1. The summed E-state index contributed by atoms with van der Waals surface area (Å²) in [5.41, 5.74) is 1.52. The Kier molecular flexibility index (Phi) is 5.05. The number of pyridine rings is 1. The Morgan fingerprint density at radius 2 is 1.86 bits per heavy atom. The van der Waals surface area contributed by atoms with Crippen LogP contribution in [0.3, 0.4) is 0 Å². The number of carbonyl (C=O) groups is 1. The number of anilines is 1. The summed E-state index contributed by atoms with van der Waals surface area (Å²) in [6.45, 7) is 1.04. The molecule has 1 N–H and O–H groups in total. The fourth-order valence-electron chi connectivity index (χ4n) is 3.30. The van der Waals surface area contributed by atoms with Gasteiger partial charge in [-0.25, -0.2) is 8.42 Å². The Balaban J connectivity index is 1.63.